The fourth-order valence-corrected chi connectivity index (χ4v) is 2.26. The Balaban J connectivity index is 2.06. The third-order valence-electron chi connectivity index (χ3n) is 2.93. The number of ether oxygens (including phenoxy) is 1. The smallest absolute Gasteiger partial charge is 0.343 e. The average Bonchev–Trinajstić information content (AvgIpc) is 2.52. The summed E-state index contributed by atoms with van der Waals surface area (Å²) in [5.41, 5.74) is -1.06. The van der Waals surface area contributed by atoms with Crippen LogP contribution in [0, 0.1) is 15.9 Å². The lowest BCUT2D eigenvalue weighted by molar-refractivity contribution is -0.383. The van der Waals surface area contributed by atoms with E-state index in [4.69, 9.17) is 23.2 Å². The fraction of sp³-hybridized carbons (Fsp3) is 0.0667. The van der Waals surface area contributed by atoms with Gasteiger partial charge in [-0.25, -0.2) is 9.18 Å². The number of nitro benzene ring substituents is 1. The van der Waals surface area contributed by atoms with Crippen molar-refractivity contribution in [1.82, 2.24) is 0 Å². The molecule has 0 aliphatic heterocycles. The first kappa shape index (κ1) is 18.6. The Bertz CT molecular complexity index is 840. The van der Waals surface area contributed by atoms with Gasteiger partial charge >= 0.3 is 5.97 Å². The molecular weight excluding hydrogens is 378 g/mol. The number of nitro groups is 1. The molecule has 0 radical (unpaired) electrons. The monoisotopic (exact) mass is 386 g/mol. The van der Waals surface area contributed by atoms with Gasteiger partial charge in [-0.1, -0.05) is 29.3 Å². The van der Waals surface area contributed by atoms with Crippen molar-refractivity contribution in [2.45, 2.75) is 0 Å². The van der Waals surface area contributed by atoms with Crippen LogP contribution in [0.25, 0.3) is 0 Å². The minimum absolute atomic E-state index is 0.163. The normalized spacial score (nSPS) is 10.2. The van der Waals surface area contributed by atoms with E-state index in [2.05, 4.69) is 10.1 Å². The summed E-state index contributed by atoms with van der Waals surface area (Å²) in [6.07, 6.45) is 0. The number of rotatable bonds is 5. The molecule has 0 atom stereocenters. The lowest BCUT2D eigenvalue weighted by Crippen LogP contribution is -2.22. The van der Waals surface area contributed by atoms with Crippen LogP contribution in [0.15, 0.2) is 36.4 Å². The molecule has 0 spiro atoms. The van der Waals surface area contributed by atoms with Crippen LogP contribution in [-0.2, 0) is 9.53 Å². The molecular formula is C15H9Cl2FN2O5. The molecule has 0 aromatic heterocycles. The van der Waals surface area contributed by atoms with Gasteiger partial charge in [0.1, 0.15) is 17.1 Å². The van der Waals surface area contributed by atoms with Crippen molar-refractivity contribution in [1.29, 1.82) is 0 Å². The van der Waals surface area contributed by atoms with Crippen molar-refractivity contribution < 1.29 is 23.6 Å². The van der Waals surface area contributed by atoms with Gasteiger partial charge in [-0.3, -0.25) is 14.9 Å². The molecule has 2 aromatic rings. The van der Waals surface area contributed by atoms with Crippen LogP contribution >= 0.6 is 23.2 Å². The number of esters is 1. The van der Waals surface area contributed by atoms with E-state index in [0.717, 1.165) is 12.1 Å². The third kappa shape index (κ3) is 4.65. The minimum atomic E-state index is -1.14. The number of carbonyl (C=O) groups excluding carboxylic acids is 2. The Morgan fingerprint density at radius 3 is 2.60 bits per heavy atom. The van der Waals surface area contributed by atoms with Crippen LogP contribution in [0.4, 0.5) is 15.8 Å². The van der Waals surface area contributed by atoms with Gasteiger partial charge in [0, 0.05) is 11.1 Å². The van der Waals surface area contributed by atoms with E-state index in [1.54, 1.807) is 0 Å². The molecule has 25 heavy (non-hydrogen) atoms. The van der Waals surface area contributed by atoms with Gasteiger partial charge in [-0.2, -0.15) is 0 Å². The maximum absolute atomic E-state index is 13.6. The zero-order chi connectivity index (χ0) is 18.6. The summed E-state index contributed by atoms with van der Waals surface area (Å²) in [6, 6.07) is 7.18. The highest BCUT2D eigenvalue weighted by Crippen LogP contribution is 2.27. The van der Waals surface area contributed by atoms with Crippen LogP contribution in [-0.4, -0.2) is 23.4 Å². The Morgan fingerprint density at radius 2 is 1.96 bits per heavy atom. The van der Waals surface area contributed by atoms with Crippen LogP contribution in [0.1, 0.15) is 10.4 Å². The molecule has 2 rings (SSSR count). The number of nitrogens with zero attached hydrogens (tertiary/aromatic N) is 1. The molecule has 0 saturated heterocycles. The summed E-state index contributed by atoms with van der Waals surface area (Å²) in [7, 11) is 0. The second-order valence-electron chi connectivity index (χ2n) is 4.64. The predicted octanol–water partition coefficient (Wildman–Crippen LogP) is 3.84. The largest absolute Gasteiger partial charge is 0.452 e. The van der Waals surface area contributed by atoms with Crippen LogP contribution in [0.2, 0.25) is 10.0 Å². The van der Waals surface area contributed by atoms with E-state index in [9.17, 15) is 24.1 Å². The summed E-state index contributed by atoms with van der Waals surface area (Å²) in [4.78, 5) is 33.8. The molecule has 1 amide bonds. The summed E-state index contributed by atoms with van der Waals surface area (Å²) in [5, 5.41) is 13.1. The van der Waals surface area contributed by atoms with Gasteiger partial charge in [0.25, 0.3) is 11.6 Å². The van der Waals surface area contributed by atoms with Crippen LogP contribution in [0.3, 0.4) is 0 Å². The molecule has 0 bridgehead atoms. The number of carbonyl (C=O) groups is 2. The zero-order valence-electron chi connectivity index (χ0n) is 12.3. The highest BCUT2D eigenvalue weighted by Gasteiger charge is 2.20. The van der Waals surface area contributed by atoms with E-state index in [1.165, 1.54) is 24.3 Å². The number of benzene rings is 2. The fourth-order valence-electron chi connectivity index (χ4n) is 1.85. The summed E-state index contributed by atoms with van der Waals surface area (Å²) >= 11 is 11.4. The molecule has 0 fully saturated rings. The number of hydrogen-bond donors (Lipinski definition) is 1. The first-order valence-electron chi connectivity index (χ1n) is 6.64. The maximum atomic E-state index is 13.6. The highest BCUT2D eigenvalue weighted by molar-refractivity contribution is 6.33. The van der Waals surface area contributed by atoms with E-state index in [-0.39, 0.29) is 21.4 Å². The first-order chi connectivity index (χ1) is 11.8. The standard InChI is InChI=1S/C15H9Cl2FN2O5/c16-8-4-5-12(20(23)24)11(6-8)19-13(21)7-25-15(22)14-9(17)2-1-3-10(14)18/h1-6H,7H2,(H,19,21). The first-order valence-corrected chi connectivity index (χ1v) is 7.40. The molecule has 7 nitrogen and oxygen atoms in total. The molecule has 1 N–H and O–H groups in total. The van der Waals surface area contributed by atoms with Crippen molar-refractivity contribution in [2.75, 3.05) is 11.9 Å². The molecule has 0 saturated carbocycles. The summed E-state index contributed by atoms with van der Waals surface area (Å²) in [5.74, 6) is -2.91. The van der Waals surface area contributed by atoms with Gasteiger partial charge in [0.2, 0.25) is 0 Å². The predicted molar refractivity (Wildman–Crippen MR) is 88.4 cm³/mol. The van der Waals surface area contributed by atoms with Crippen molar-refractivity contribution in [3.63, 3.8) is 0 Å². The van der Waals surface area contributed by atoms with Gasteiger partial charge in [0.15, 0.2) is 6.61 Å². The van der Waals surface area contributed by atoms with E-state index >= 15 is 0 Å². The number of amides is 1. The number of hydrogen-bond acceptors (Lipinski definition) is 5. The molecule has 2 aromatic carbocycles. The molecule has 0 unspecified atom stereocenters. The second-order valence-corrected chi connectivity index (χ2v) is 5.48. The molecule has 0 aliphatic carbocycles. The van der Waals surface area contributed by atoms with Crippen LogP contribution in [0.5, 0.6) is 0 Å². The minimum Gasteiger partial charge on any atom is -0.452 e. The molecule has 0 aliphatic rings. The topological polar surface area (TPSA) is 98.5 Å². The lowest BCUT2D eigenvalue weighted by Gasteiger charge is -2.08. The summed E-state index contributed by atoms with van der Waals surface area (Å²) < 4.78 is 18.3. The second kappa shape index (κ2) is 7.91. The zero-order valence-corrected chi connectivity index (χ0v) is 13.8. The Morgan fingerprint density at radius 1 is 1.24 bits per heavy atom. The quantitative estimate of drug-likeness (QED) is 0.478. The highest BCUT2D eigenvalue weighted by atomic mass is 35.5. The van der Waals surface area contributed by atoms with Crippen molar-refractivity contribution in [2.24, 2.45) is 0 Å². The van der Waals surface area contributed by atoms with Gasteiger partial charge in [-0.05, 0) is 24.3 Å². The molecule has 0 heterocycles. The molecule has 10 heteroatoms. The van der Waals surface area contributed by atoms with Gasteiger partial charge < -0.3 is 10.1 Å². The Hall–Kier alpha value is -2.71. The van der Waals surface area contributed by atoms with E-state index < -0.39 is 34.8 Å². The Labute approximate surface area is 150 Å². The van der Waals surface area contributed by atoms with Crippen molar-refractivity contribution in [3.05, 3.63) is 67.9 Å². The maximum Gasteiger partial charge on any atom is 0.343 e. The number of nitrogens with one attached hydrogen (secondary N) is 1. The van der Waals surface area contributed by atoms with Crippen molar-refractivity contribution >= 4 is 46.5 Å². The van der Waals surface area contributed by atoms with Gasteiger partial charge in [0.05, 0.1) is 9.95 Å². The van der Waals surface area contributed by atoms with E-state index in [1.807, 2.05) is 0 Å². The van der Waals surface area contributed by atoms with Gasteiger partial charge in [-0.15, -0.1) is 0 Å². The SMILES string of the molecule is O=C(COC(=O)c1c(F)cccc1Cl)Nc1cc(Cl)ccc1[N+](=O)[O-]. The van der Waals surface area contributed by atoms with Crippen molar-refractivity contribution in [3.8, 4) is 0 Å². The summed E-state index contributed by atoms with van der Waals surface area (Å²) in [6.45, 7) is -0.798. The number of halogens is 3. The lowest BCUT2D eigenvalue weighted by atomic mass is 10.2. The average molecular weight is 387 g/mol. The van der Waals surface area contributed by atoms with Crippen LogP contribution < -0.4 is 5.32 Å². The number of anilines is 1. The van der Waals surface area contributed by atoms with E-state index in [0.29, 0.717) is 0 Å². The molecule has 130 valence electrons. The third-order valence-corrected chi connectivity index (χ3v) is 3.48. The Kier molecular flexibility index (Phi) is 5.89.